The van der Waals surface area contributed by atoms with Crippen LogP contribution in [0.1, 0.15) is 22.8 Å². The van der Waals surface area contributed by atoms with E-state index in [4.69, 9.17) is 0 Å². The number of carbonyl (C=O) groups is 1. The fourth-order valence-corrected chi connectivity index (χ4v) is 1.95. The standard InChI is InChI=1S/C15H16FN3O3/c1-3-19-7-6-17-13(14(19)20)18-9-11-8-10(15(21)22-2)4-5-12(11)16/h4-8H,3,9H2,1-2H3,(H,17,18). The molecule has 1 heterocycles. The molecule has 0 aliphatic carbocycles. The van der Waals surface area contributed by atoms with Gasteiger partial charge in [0.05, 0.1) is 12.7 Å². The van der Waals surface area contributed by atoms with Crippen LogP contribution in [0.2, 0.25) is 0 Å². The first-order valence-corrected chi connectivity index (χ1v) is 6.73. The molecule has 22 heavy (non-hydrogen) atoms. The van der Waals surface area contributed by atoms with Crippen molar-refractivity contribution in [2.75, 3.05) is 12.4 Å². The number of hydrogen-bond donors (Lipinski definition) is 1. The zero-order valence-electron chi connectivity index (χ0n) is 12.3. The number of methoxy groups -OCH3 is 1. The fourth-order valence-electron chi connectivity index (χ4n) is 1.95. The first kappa shape index (κ1) is 15.7. The van der Waals surface area contributed by atoms with Crippen molar-refractivity contribution in [1.82, 2.24) is 9.55 Å². The summed E-state index contributed by atoms with van der Waals surface area (Å²) in [4.78, 5) is 27.4. The van der Waals surface area contributed by atoms with Gasteiger partial charge < -0.3 is 14.6 Å². The van der Waals surface area contributed by atoms with E-state index in [1.54, 1.807) is 6.20 Å². The summed E-state index contributed by atoms with van der Waals surface area (Å²) in [5, 5.41) is 2.79. The second-order valence-corrected chi connectivity index (χ2v) is 4.52. The molecule has 0 aliphatic rings. The Labute approximate surface area is 126 Å². The minimum absolute atomic E-state index is 0.0344. The lowest BCUT2D eigenvalue weighted by Crippen LogP contribution is -2.23. The monoisotopic (exact) mass is 305 g/mol. The second-order valence-electron chi connectivity index (χ2n) is 4.52. The Morgan fingerprint density at radius 2 is 2.23 bits per heavy atom. The zero-order valence-corrected chi connectivity index (χ0v) is 12.3. The summed E-state index contributed by atoms with van der Waals surface area (Å²) in [6.07, 6.45) is 3.07. The van der Waals surface area contributed by atoms with Crippen molar-refractivity contribution in [2.24, 2.45) is 0 Å². The molecule has 0 atom stereocenters. The van der Waals surface area contributed by atoms with Crippen molar-refractivity contribution < 1.29 is 13.9 Å². The molecule has 7 heteroatoms. The maximum absolute atomic E-state index is 13.8. The van der Waals surface area contributed by atoms with E-state index < -0.39 is 11.8 Å². The molecule has 6 nitrogen and oxygen atoms in total. The van der Waals surface area contributed by atoms with Gasteiger partial charge in [-0.3, -0.25) is 4.79 Å². The van der Waals surface area contributed by atoms with E-state index in [0.29, 0.717) is 6.54 Å². The van der Waals surface area contributed by atoms with Gasteiger partial charge in [-0.05, 0) is 25.1 Å². The van der Waals surface area contributed by atoms with E-state index in [1.165, 1.54) is 36.1 Å². The van der Waals surface area contributed by atoms with Crippen molar-refractivity contribution in [2.45, 2.75) is 20.0 Å². The third-order valence-corrected chi connectivity index (χ3v) is 3.17. The predicted molar refractivity (Wildman–Crippen MR) is 79.2 cm³/mol. The number of hydrogen-bond acceptors (Lipinski definition) is 5. The second kappa shape index (κ2) is 6.84. The third-order valence-electron chi connectivity index (χ3n) is 3.17. The molecular weight excluding hydrogens is 289 g/mol. The van der Waals surface area contributed by atoms with Gasteiger partial charge in [0.1, 0.15) is 5.82 Å². The summed E-state index contributed by atoms with van der Waals surface area (Å²) in [6, 6.07) is 3.91. The Bertz CT molecular complexity index is 743. The maximum Gasteiger partial charge on any atom is 0.337 e. The molecule has 2 rings (SSSR count). The van der Waals surface area contributed by atoms with Crippen molar-refractivity contribution >= 4 is 11.8 Å². The Hall–Kier alpha value is -2.70. The largest absolute Gasteiger partial charge is 0.465 e. The highest BCUT2D eigenvalue weighted by Crippen LogP contribution is 2.12. The van der Waals surface area contributed by atoms with Gasteiger partial charge in [0, 0.05) is 31.0 Å². The number of rotatable bonds is 5. The molecule has 0 radical (unpaired) electrons. The molecule has 0 saturated heterocycles. The number of nitrogens with zero attached hydrogens (tertiary/aromatic N) is 2. The van der Waals surface area contributed by atoms with E-state index >= 15 is 0 Å². The van der Waals surface area contributed by atoms with Crippen molar-refractivity contribution in [3.8, 4) is 0 Å². The van der Waals surface area contributed by atoms with E-state index in [2.05, 4.69) is 15.0 Å². The average molecular weight is 305 g/mol. The van der Waals surface area contributed by atoms with Crippen LogP contribution in [0.3, 0.4) is 0 Å². The number of nitrogens with one attached hydrogen (secondary N) is 1. The molecule has 1 aromatic carbocycles. The van der Waals surface area contributed by atoms with E-state index in [9.17, 15) is 14.0 Å². The number of aromatic nitrogens is 2. The Balaban J connectivity index is 2.21. The minimum atomic E-state index is -0.549. The normalized spacial score (nSPS) is 10.3. The lowest BCUT2D eigenvalue weighted by molar-refractivity contribution is 0.0600. The summed E-state index contributed by atoms with van der Waals surface area (Å²) in [6.45, 7) is 2.39. The van der Waals surface area contributed by atoms with Crippen LogP contribution >= 0.6 is 0 Å². The topological polar surface area (TPSA) is 73.2 Å². The highest BCUT2D eigenvalue weighted by atomic mass is 19.1. The van der Waals surface area contributed by atoms with Gasteiger partial charge in [-0.25, -0.2) is 14.2 Å². The third kappa shape index (κ3) is 3.30. The number of benzene rings is 1. The molecular formula is C15H16FN3O3. The number of esters is 1. The van der Waals surface area contributed by atoms with Crippen LogP contribution in [-0.2, 0) is 17.8 Å². The molecule has 2 aromatic rings. The van der Waals surface area contributed by atoms with Crippen LogP contribution in [0.5, 0.6) is 0 Å². The smallest absolute Gasteiger partial charge is 0.337 e. The highest BCUT2D eigenvalue weighted by molar-refractivity contribution is 5.89. The van der Waals surface area contributed by atoms with Gasteiger partial charge in [-0.1, -0.05) is 0 Å². The van der Waals surface area contributed by atoms with Crippen molar-refractivity contribution in [3.63, 3.8) is 0 Å². The van der Waals surface area contributed by atoms with Crippen LogP contribution in [0.15, 0.2) is 35.4 Å². The Morgan fingerprint density at radius 3 is 2.91 bits per heavy atom. The highest BCUT2D eigenvalue weighted by Gasteiger charge is 2.11. The minimum Gasteiger partial charge on any atom is -0.465 e. The first-order valence-electron chi connectivity index (χ1n) is 6.73. The SMILES string of the molecule is CCn1ccnc(NCc2cc(C(=O)OC)ccc2F)c1=O. The number of halogens is 1. The van der Waals surface area contributed by atoms with Crippen LogP contribution < -0.4 is 10.9 Å². The molecule has 0 fully saturated rings. The van der Waals surface area contributed by atoms with Crippen LogP contribution in [-0.4, -0.2) is 22.6 Å². The molecule has 0 bridgehead atoms. The quantitative estimate of drug-likeness (QED) is 0.853. The molecule has 0 aliphatic heterocycles. The van der Waals surface area contributed by atoms with Crippen LogP contribution in [0.25, 0.3) is 0 Å². The average Bonchev–Trinajstić information content (AvgIpc) is 2.54. The lowest BCUT2D eigenvalue weighted by Gasteiger charge is -2.09. The van der Waals surface area contributed by atoms with Gasteiger partial charge in [-0.15, -0.1) is 0 Å². The molecule has 0 spiro atoms. The molecule has 0 saturated carbocycles. The molecule has 0 amide bonds. The zero-order chi connectivity index (χ0) is 16.1. The van der Waals surface area contributed by atoms with Crippen molar-refractivity contribution in [3.05, 3.63) is 57.9 Å². The number of carbonyl (C=O) groups excluding carboxylic acids is 1. The van der Waals surface area contributed by atoms with Crippen molar-refractivity contribution in [1.29, 1.82) is 0 Å². The summed E-state index contributed by atoms with van der Waals surface area (Å²) in [5.41, 5.74) is 0.207. The Morgan fingerprint density at radius 1 is 1.45 bits per heavy atom. The van der Waals surface area contributed by atoms with E-state index in [1.807, 2.05) is 6.92 Å². The number of aryl methyl sites for hydroxylation is 1. The fraction of sp³-hybridized carbons (Fsp3) is 0.267. The summed E-state index contributed by atoms with van der Waals surface area (Å²) in [5.74, 6) is -0.897. The van der Waals surface area contributed by atoms with Gasteiger partial charge in [0.25, 0.3) is 5.56 Å². The van der Waals surface area contributed by atoms with Crippen LogP contribution in [0.4, 0.5) is 10.2 Å². The van der Waals surface area contributed by atoms with Gasteiger partial charge in [-0.2, -0.15) is 0 Å². The van der Waals surface area contributed by atoms with E-state index in [-0.39, 0.29) is 29.0 Å². The summed E-state index contributed by atoms with van der Waals surface area (Å²) >= 11 is 0. The molecule has 1 aromatic heterocycles. The number of ether oxygens (including phenoxy) is 1. The molecule has 116 valence electrons. The summed E-state index contributed by atoms with van der Waals surface area (Å²) < 4.78 is 19.9. The Kier molecular flexibility index (Phi) is 4.88. The first-order chi connectivity index (χ1) is 10.6. The van der Waals surface area contributed by atoms with Gasteiger partial charge in [0.15, 0.2) is 5.82 Å². The molecule has 0 unspecified atom stereocenters. The van der Waals surface area contributed by atoms with Crippen LogP contribution in [0, 0.1) is 5.82 Å². The predicted octanol–water partition coefficient (Wildman–Crippen LogP) is 1.80. The summed E-state index contributed by atoms with van der Waals surface area (Å²) in [7, 11) is 1.25. The van der Waals surface area contributed by atoms with E-state index in [0.717, 1.165) is 0 Å². The van der Waals surface area contributed by atoms with Gasteiger partial charge in [0.2, 0.25) is 0 Å². The van der Waals surface area contributed by atoms with Gasteiger partial charge >= 0.3 is 5.97 Å². The maximum atomic E-state index is 13.8. The lowest BCUT2D eigenvalue weighted by atomic mass is 10.1. The number of anilines is 1. The molecule has 1 N–H and O–H groups in total.